The minimum atomic E-state index is 0.455. The predicted molar refractivity (Wildman–Crippen MR) is 88.5 cm³/mol. The molecule has 0 saturated carbocycles. The van der Waals surface area contributed by atoms with E-state index in [-0.39, 0.29) is 0 Å². The summed E-state index contributed by atoms with van der Waals surface area (Å²) in [5.74, 6) is 1.72. The van der Waals surface area contributed by atoms with Gasteiger partial charge in [0.15, 0.2) is 0 Å². The Balaban J connectivity index is 1.93. The molecule has 5 heteroatoms. The van der Waals surface area contributed by atoms with Crippen LogP contribution in [-0.4, -0.2) is 17.1 Å². The average molecular weight is 302 g/mol. The Morgan fingerprint density at radius 1 is 1.04 bits per heavy atom. The molecule has 3 rings (SSSR count). The molecule has 0 aliphatic rings. The highest BCUT2D eigenvalue weighted by atomic mass is 16.5. The lowest BCUT2D eigenvalue weighted by molar-refractivity contribution is 0.414. The van der Waals surface area contributed by atoms with Gasteiger partial charge in [-0.05, 0) is 17.7 Å². The van der Waals surface area contributed by atoms with Gasteiger partial charge < -0.3 is 10.1 Å². The highest BCUT2D eigenvalue weighted by Gasteiger charge is 2.08. The Labute approximate surface area is 134 Å². The molecule has 2 aromatic heterocycles. The smallest absolute Gasteiger partial charge is 0.149 e. The third kappa shape index (κ3) is 3.27. The third-order valence-electron chi connectivity index (χ3n) is 3.33. The third-order valence-corrected chi connectivity index (χ3v) is 3.33. The molecular formula is C18H14N4O. The largest absolute Gasteiger partial charge is 0.497 e. The lowest BCUT2D eigenvalue weighted by Gasteiger charge is -2.09. The summed E-state index contributed by atoms with van der Waals surface area (Å²) in [5.41, 5.74) is 2.37. The zero-order valence-electron chi connectivity index (χ0n) is 12.5. The van der Waals surface area contributed by atoms with E-state index in [9.17, 15) is 5.26 Å². The predicted octanol–water partition coefficient (Wildman–Crippen LogP) is 3.77. The van der Waals surface area contributed by atoms with Crippen molar-refractivity contribution in [2.24, 2.45) is 0 Å². The summed E-state index contributed by atoms with van der Waals surface area (Å²) in [6.07, 6.45) is 3.37. The summed E-state index contributed by atoms with van der Waals surface area (Å²) >= 11 is 0. The quantitative estimate of drug-likeness (QED) is 0.794. The Morgan fingerprint density at radius 2 is 1.87 bits per heavy atom. The number of hydrogen-bond acceptors (Lipinski definition) is 5. The zero-order valence-corrected chi connectivity index (χ0v) is 12.5. The number of aromatic nitrogens is 2. The molecule has 2 heterocycles. The molecule has 1 aromatic carbocycles. The lowest BCUT2D eigenvalue weighted by atomic mass is 10.1. The molecule has 5 nitrogen and oxygen atoms in total. The van der Waals surface area contributed by atoms with Crippen LogP contribution in [0.1, 0.15) is 5.56 Å². The molecule has 0 radical (unpaired) electrons. The highest BCUT2D eigenvalue weighted by Crippen LogP contribution is 2.25. The van der Waals surface area contributed by atoms with Crippen molar-refractivity contribution in [1.29, 1.82) is 5.26 Å². The van der Waals surface area contributed by atoms with E-state index < -0.39 is 0 Å². The van der Waals surface area contributed by atoms with Crippen molar-refractivity contribution in [2.75, 3.05) is 12.4 Å². The van der Waals surface area contributed by atoms with Crippen LogP contribution < -0.4 is 10.1 Å². The van der Waals surface area contributed by atoms with Crippen LogP contribution in [0.3, 0.4) is 0 Å². The van der Waals surface area contributed by atoms with Gasteiger partial charge in [-0.3, -0.25) is 0 Å². The molecule has 0 saturated heterocycles. The minimum absolute atomic E-state index is 0.455. The molecule has 3 aromatic rings. The first-order valence-electron chi connectivity index (χ1n) is 7.03. The van der Waals surface area contributed by atoms with Crippen molar-refractivity contribution in [3.8, 4) is 22.9 Å². The monoisotopic (exact) mass is 302 g/mol. The molecule has 0 unspecified atom stereocenters. The van der Waals surface area contributed by atoms with E-state index in [4.69, 9.17) is 4.74 Å². The SMILES string of the molecule is COc1ccnc(Nc2ncc(-c3ccccc3)cc2C#N)c1. The first-order chi connectivity index (χ1) is 11.3. The summed E-state index contributed by atoms with van der Waals surface area (Å²) in [4.78, 5) is 8.56. The number of ether oxygens (including phenoxy) is 1. The maximum absolute atomic E-state index is 9.39. The number of nitriles is 1. The van der Waals surface area contributed by atoms with E-state index >= 15 is 0 Å². The summed E-state index contributed by atoms with van der Waals surface area (Å²) in [7, 11) is 1.59. The van der Waals surface area contributed by atoms with Crippen molar-refractivity contribution in [1.82, 2.24) is 9.97 Å². The van der Waals surface area contributed by atoms with Crippen LogP contribution in [0.2, 0.25) is 0 Å². The Morgan fingerprint density at radius 3 is 2.61 bits per heavy atom. The number of rotatable bonds is 4. The topological polar surface area (TPSA) is 70.8 Å². The van der Waals surface area contributed by atoms with Gasteiger partial charge >= 0.3 is 0 Å². The van der Waals surface area contributed by atoms with Crippen LogP contribution in [0.15, 0.2) is 60.9 Å². The lowest BCUT2D eigenvalue weighted by Crippen LogP contribution is -1.99. The molecule has 0 spiro atoms. The van der Waals surface area contributed by atoms with Crippen LogP contribution in [0.25, 0.3) is 11.1 Å². The van der Waals surface area contributed by atoms with Crippen LogP contribution in [0.5, 0.6) is 5.75 Å². The first kappa shape index (κ1) is 14.5. The molecule has 0 bridgehead atoms. The van der Waals surface area contributed by atoms with Gasteiger partial charge in [-0.25, -0.2) is 9.97 Å². The van der Waals surface area contributed by atoms with Gasteiger partial charge in [-0.1, -0.05) is 30.3 Å². The number of nitrogens with zero attached hydrogens (tertiary/aromatic N) is 3. The molecule has 1 N–H and O–H groups in total. The average Bonchev–Trinajstić information content (AvgIpc) is 2.63. The van der Waals surface area contributed by atoms with Crippen molar-refractivity contribution >= 4 is 11.6 Å². The van der Waals surface area contributed by atoms with Gasteiger partial charge in [0.25, 0.3) is 0 Å². The number of benzene rings is 1. The molecule has 112 valence electrons. The minimum Gasteiger partial charge on any atom is -0.497 e. The van der Waals surface area contributed by atoms with E-state index in [0.717, 1.165) is 11.1 Å². The Kier molecular flexibility index (Phi) is 4.16. The van der Waals surface area contributed by atoms with E-state index in [1.165, 1.54) is 0 Å². The van der Waals surface area contributed by atoms with Crippen LogP contribution in [0.4, 0.5) is 11.6 Å². The maximum Gasteiger partial charge on any atom is 0.149 e. The highest BCUT2D eigenvalue weighted by molar-refractivity contribution is 5.69. The number of anilines is 2. The number of hydrogen-bond donors (Lipinski definition) is 1. The summed E-state index contributed by atoms with van der Waals surface area (Å²) < 4.78 is 5.16. The summed E-state index contributed by atoms with van der Waals surface area (Å²) in [6, 6.07) is 17.3. The number of methoxy groups -OCH3 is 1. The van der Waals surface area contributed by atoms with E-state index in [2.05, 4.69) is 21.4 Å². The van der Waals surface area contributed by atoms with Crippen LogP contribution in [0, 0.1) is 11.3 Å². The van der Waals surface area contributed by atoms with Crippen molar-refractivity contribution in [2.45, 2.75) is 0 Å². The van der Waals surface area contributed by atoms with Gasteiger partial charge in [-0.2, -0.15) is 5.26 Å². The van der Waals surface area contributed by atoms with Gasteiger partial charge in [0.05, 0.1) is 12.7 Å². The second kappa shape index (κ2) is 6.58. The molecular weight excluding hydrogens is 288 g/mol. The Bertz CT molecular complexity index is 856. The second-order valence-electron chi connectivity index (χ2n) is 4.80. The van der Waals surface area contributed by atoms with Gasteiger partial charge in [0.1, 0.15) is 23.5 Å². The van der Waals surface area contributed by atoms with Crippen LogP contribution in [-0.2, 0) is 0 Å². The van der Waals surface area contributed by atoms with E-state index in [0.29, 0.717) is 22.9 Å². The molecule has 0 atom stereocenters. The van der Waals surface area contributed by atoms with Crippen molar-refractivity contribution in [3.63, 3.8) is 0 Å². The fourth-order valence-electron chi connectivity index (χ4n) is 2.17. The summed E-state index contributed by atoms with van der Waals surface area (Å²) in [6.45, 7) is 0. The fourth-order valence-corrected chi connectivity index (χ4v) is 2.17. The molecule has 0 amide bonds. The van der Waals surface area contributed by atoms with Crippen molar-refractivity contribution < 1.29 is 4.74 Å². The zero-order chi connectivity index (χ0) is 16.1. The van der Waals surface area contributed by atoms with E-state index in [1.807, 2.05) is 36.4 Å². The molecule has 0 aliphatic carbocycles. The standard InChI is InChI=1S/C18H14N4O/c1-23-16-7-8-20-17(10-16)22-18-14(11-19)9-15(12-21-18)13-5-3-2-4-6-13/h2-10,12H,1H3,(H,20,21,22). The first-order valence-corrected chi connectivity index (χ1v) is 7.03. The number of pyridine rings is 2. The van der Waals surface area contributed by atoms with Gasteiger partial charge in [-0.15, -0.1) is 0 Å². The van der Waals surface area contributed by atoms with Crippen molar-refractivity contribution in [3.05, 3.63) is 66.5 Å². The fraction of sp³-hybridized carbons (Fsp3) is 0.0556. The van der Waals surface area contributed by atoms with Gasteiger partial charge in [0.2, 0.25) is 0 Å². The molecule has 23 heavy (non-hydrogen) atoms. The number of nitrogens with one attached hydrogen (secondary N) is 1. The second-order valence-corrected chi connectivity index (χ2v) is 4.80. The van der Waals surface area contributed by atoms with Crippen LogP contribution >= 0.6 is 0 Å². The Hall–Kier alpha value is -3.39. The maximum atomic E-state index is 9.39. The van der Waals surface area contributed by atoms with Gasteiger partial charge in [0, 0.05) is 24.0 Å². The summed E-state index contributed by atoms with van der Waals surface area (Å²) in [5, 5.41) is 12.4. The normalized spacial score (nSPS) is 9.91. The van der Waals surface area contributed by atoms with E-state index in [1.54, 1.807) is 31.6 Å². The molecule has 0 fully saturated rings. The molecule has 0 aliphatic heterocycles.